The first-order chi connectivity index (χ1) is 9.43. The lowest BCUT2D eigenvalue weighted by Crippen LogP contribution is -2.19. The average Bonchev–Trinajstić information content (AvgIpc) is 2.46. The van der Waals surface area contributed by atoms with Crippen LogP contribution in [0.4, 0.5) is 0 Å². The second-order valence-corrected chi connectivity index (χ2v) is 5.42. The Morgan fingerprint density at radius 1 is 0.737 bits per heavy atom. The second kappa shape index (κ2) is 12.9. The molecule has 19 heavy (non-hydrogen) atoms. The van der Waals surface area contributed by atoms with Crippen molar-refractivity contribution in [3.05, 3.63) is 0 Å². The van der Waals surface area contributed by atoms with Crippen molar-refractivity contribution in [1.82, 2.24) is 0 Å². The summed E-state index contributed by atoms with van der Waals surface area (Å²) in [6, 6.07) is 0. The largest absolute Gasteiger partial charge is 0.379 e. The summed E-state index contributed by atoms with van der Waals surface area (Å²) >= 11 is 0. The van der Waals surface area contributed by atoms with E-state index in [1.165, 1.54) is 57.8 Å². The summed E-state index contributed by atoms with van der Waals surface area (Å²) < 4.78 is 16.8. The Labute approximate surface area is 119 Å². The van der Waals surface area contributed by atoms with E-state index in [1.54, 1.807) is 0 Å². The molecule has 0 aromatic rings. The maximum atomic E-state index is 5.79. The Morgan fingerprint density at radius 3 is 2.16 bits per heavy atom. The van der Waals surface area contributed by atoms with Gasteiger partial charge in [-0.3, -0.25) is 0 Å². The van der Waals surface area contributed by atoms with E-state index in [1.807, 2.05) is 0 Å². The van der Waals surface area contributed by atoms with E-state index >= 15 is 0 Å². The van der Waals surface area contributed by atoms with Crippen molar-refractivity contribution < 1.29 is 14.2 Å². The summed E-state index contributed by atoms with van der Waals surface area (Å²) in [5.41, 5.74) is 0. The van der Waals surface area contributed by atoms with Crippen molar-refractivity contribution >= 4 is 0 Å². The molecule has 0 amide bonds. The quantitative estimate of drug-likeness (QED) is 0.503. The van der Waals surface area contributed by atoms with E-state index in [0.29, 0.717) is 19.3 Å². The third-order valence-corrected chi connectivity index (χ3v) is 3.65. The lowest BCUT2D eigenvalue weighted by Gasteiger charge is -2.21. The van der Waals surface area contributed by atoms with E-state index in [4.69, 9.17) is 14.2 Å². The zero-order chi connectivity index (χ0) is 13.6. The maximum absolute atomic E-state index is 5.79. The van der Waals surface area contributed by atoms with Crippen molar-refractivity contribution in [1.29, 1.82) is 0 Å². The maximum Gasteiger partial charge on any atom is 0.0704 e. The summed E-state index contributed by atoms with van der Waals surface area (Å²) in [5, 5.41) is 0. The number of hydrogen-bond acceptors (Lipinski definition) is 3. The highest BCUT2D eigenvalue weighted by molar-refractivity contribution is 4.64. The van der Waals surface area contributed by atoms with Crippen LogP contribution >= 0.6 is 0 Å². The molecule has 0 aromatic heterocycles. The Balaban J connectivity index is 1.71. The zero-order valence-corrected chi connectivity index (χ0v) is 12.7. The van der Waals surface area contributed by atoms with Gasteiger partial charge in [0.1, 0.15) is 0 Å². The minimum atomic E-state index is 0.493. The van der Waals surface area contributed by atoms with Crippen molar-refractivity contribution in [2.24, 2.45) is 0 Å². The highest BCUT2D eigenvalue weighted by atomic mass is 16.5. The van der Waals surface area contributed by atoms with Crippen LogP contribution in [0.3, 0.4) is 0 Å². The molecule has 0 aromatic carbocycles. The Morgan fingerprint density at radius 2 is 1.42 bits per heavy atom. The normalized spacial score (nSPS) is 16.9. The fraction of sp³-hybridized carbons (Fsp3) is 1.00. The monoisotopic (exact) mass is 272 g/mol. The zero-order valence-electron chi connectivity index (χ0n) is 12.7. The minimum Gasteiger partial charge on any atom is -0.379 e. The van der Waals surface area contributed by atoms with Crippen LogP contribution in [-0.4, -0.2) is 39.1 Å². The van der Waals surface area contributed by atoms with E-state index in [9.17, 15) is 0 Å². The highest BCUT2D eigenvalue weighted by Gasteiger charge is 2.12. The summed E-state index contributed by atoms with van der Waals surface area (Å²) in [6.07, 6.45) is 12.1. The first-order valence-corrected chi connectivity index (χ1v) is 8.20. The number of ether oxygens (including phenoxy) is 3. The highest BCUT2D eigenvalue weighted by Crippen LogP contribution is 2.19. The second-order valence-electron chi connectivity index (χ2n) is 5.42. The van der Waals surface area contributed by atoms with Crippen LogP contribution in [0.25, 0.3) is 0 Å². The molecule has 0 saturated heterocycles. The minimum absolute atomic E-state index is 0.493. The SMILES string of the molecule is CCCCCCOCCOCCOC1CCCCC1. The first kappa shape index (κ1) is 16.9. The van der Waals surface area contributed by atoms with Gasteiger partial charge in [0.15, 0.2) is 0 Å². The first-order valence-electron chi connectivity index (χ1n) is 8.20. The van der Waals surface area contributed by atoms with Crippen molar-refractivity contribution in [2.45, 2.75) is 70.8 Å². The van der Waals surface area contributed by atoms with Gasteiger partial charge in [-0.15, -0.1) is 0 Å². The van der Waals surface area contributed by atoms with Crippen LogP contribution in [-0.2, 0) is 14.2 Å². The molecule has 3 heteroatoms. The molecule has 1 rings (SSSR count). The van der Waals surface area contributed by atoms with Gasteiger partial charge in [0, 0.05) is 6.61 Å². The number of unbranched alkanes of at least 4 members (excludes halogenated alkanes) is 3. The van der Waals surface area contributed by atoms with Gasteiger partial charge in [-0.2, -0.15) is 0 Å². The molecular weight excluding hydrogens is 240 g/mol. The Hall–Kier alpha value is -0.120. The smallest absolute Gasteiger partial charge is 0.0704 e. The lowest BCUT2D eigenvalue weighted by atomic mass is 9.98. The molecule has 1 aliphatic carbocycles. The molecule has 1 saturated carbocycles. The molecular formula is C16H32O3. The molecule has 1 fully saturated rings. The van der Waals surface area contributed by atoms with Gasteiger partial charge >= 0.3 is 0 Å². The van der Waals surface area contributed by atoms with Crippen LogP contribution in [0.5, 0.6) is 0 Å². The fourth-order valence-electron chi connectivity index (χ4n) is 2.46. The van der Waals surface area contributed by atoms with Gasteiger partial charge in [0.2, 0.25) is 0 Å². The van der Waals surface area contributed by atoms with Gasteiger partial charge in [-0.05, 0) is 19.3 Å². The van der Waals surface area contributed by atoms with Crippen LogP contribution in [0, 0.1) is 0 Å². The molecule has 1 aliphatic rings. The molecule has 3 nitrogen and oxygen atoms in total. The Bertz CT molecular complexity index is 179. The molecule has 0 heterocycles. The summed E-state index contributed by atoms with van der Waals surface area (Å²) in [5.74, 6) is 0. The summed E-state index contributed by atoms with van der Waals surface area (Å²) in [7, 11) is 0. The summed E-state index contributed by atoms with van der Waals surface area (Å²) in [4.78, 5) is 0. The van der Waals surface area contributed by atoms with Gasteiger partial charge in [0.05, 0.1) is 32.5 Å². The number of rotatable bonds is 12. The number of hydrogen-bond donors (Lipinski definition) is 0. The van der Waals surface area contributed by atoms with Crippen LogP contribution in [0.15, 0.2) is 0 Å². The van der Waals surface area contributed by atoms with Crippen molar-refractivity contribution in [3.8, 4) is 0 Å². The van der Waals surface area contributed by atoms with Crippen LogP contribution in [0.2, 0.25) is 0 Å². The van der Waals surface area contributed by atoms with Gasteiger partial charge in [-0.1, -0.05) is 45.4 Å². The molecule has 114 valence electrons. The Kier molecular flexibility index (Phi) is 11.5. The molecule has 0 spiro atoms. The van der Waals surface area contributed by atoms with E-state index in [-0.39, 0.29) is 0 Å². The third-order valence-electron chi connectivity index (χ3n) is 3.65. The van der Waals surface area contributed by atoms with Gasteiger partial charge < -0.3 is 14.2 Å². The molecule has 0 aliphatic heterocycles. The van der Waals surface area contributed by atoms with E-state index < -0.39 is 0 Å². The van der Waals surface area contributed by atoms with Crippen molar-refractivity contribution in [3.63, 3.8) is 0 Å². The summed E-state index contributed by atoms with van der Waals surface area (Å²) in [6.45, 7) is 5.96. The van der Waals surface area contributed by atoms with E-state index in [0.717, 1.165) is 19.8 Å². The molecule has 0 atom stereocenters. The standard InChI is InChI=1S/C16H32O3/c1-2-3-4-8-11-17-12-13-18-14-15-19-16-9-6-5-7-10-16/h16H,2-15H2,1H3. The third kappa shape index (κ3) is 10.3. The van der Waals surface area contributed by atoms with Crippen LogP contribution in [0.1, 0.15) is 64.7 Å². The predicted octanol–water partition coefficient (Wildman–Crippen LogP) is 3.95. The predicted molar refractivity (Wildman–Crippen MR) is 78.6 cm³/mol. The topological polar surface area (TPSA) is 27.7 Å². The lowest BCUT2D eigenvalue weighted by molar-refractivity contribution is -0.0220. The van der Waals surface area contributed by atoms with Gasteiger partial charge in [-0.25, -0.2) is 0 Å². The fourth-order valence-corrected chi connectivity index (χ4v) is 2.46. The molecule has 0 radical (unpaired) electrons. The molecule has 0 N–H and O–H groups in total. The average molecular weight is 272 g/mol. The van der Waals surface area contributed by atoms with Crippen LogP contribution < -0.4 is 0 Å². The van der Waals surface area contributed by atoms with Gasteiger partial charge in [0.25, 0.3) is 0 Å². The van der Waals surface area contributed by atoms with E-state index in [2.05, 4.69) is 6.92 Å². The molecule has 0 unspecified atom stereocenters. The molecule has 0 bridgehead atoms. The van der Waals surface area contributed by atoms with Crippen molar-refractivity contribution in [2.75, 3.05) is 33.0 Å².